The van der Waals surface area contributed by atoms with Crippen LogP contribution in [0.15, 0.2) is 46.3 Å². The molecule has 2 heterocycles. The van der Waals surface area contributed by atoms with Gasteiger partial charge in [0.15, 0.2) is 22.4 Å². The van der Waals surface area contributed by atoms with Crippen LogP contribution in [0.4, 0.5) is 5.69 Å². The number of para-hydroxylation sites is 1. The van der Waals surface area contributed by atoms with Gasteiger partial charge < -0.3 is 14.8 Å². The van der Waals surface area contributed by atoms with Crippen molar-refractivity contribution in [2.24, 2.45) is 0 Å². The van der Waals surface area contributed by atoms with Crippen LogP contribution < -0.4 is 20.3 Å². The van der Waals surface area contributed by atoms with E-state index < -0.39 is 0 Å². The molecule has 9 heteroatoms. The molecule has 0 saturated carbocycles. The number of ether oxygens (including phenoxy) is 2. The van der Waals surface area contributed by atoms with Gasteiger partial charge in [-0.3, -0.25) is 19.0 Å². The Balaban J connectivity index is 1.53. The molecule has 0 fully saturated rings. The number of benzene rings is 2. The summed E-state index contributed by atoms with van der Waals surface area (Å²) >= 11 is 1.21. The molecule has 8 nitrogen and oxygen atoms in total. The first kappa shape index (κ1) is 23.8. The van der Waals surface area contributed by atoms with Gasteiger partial charge in [0.2, 0.25) is 12.7 Å². The summed E-state index contributed by atoms with van der Waals surface area (Å²) in [4.78, 5) is 42.7. The van der Waals surface area contributed by atoms with E-state index in [-0.39, 0.29) is 29.8 Å². The van der Waals surface area contributed by atoms with Gasteiger partial charge in [0.05, 0.1) is 22.3 Å². The summed E-state index contributed by atoms with van der Waals surface area (Å²) in [5.41, 5.74) is 1.22. The minimum atomic E-state index is -0.314. The molecule has 2 aromatic carbocycles. The Kier molecular flexibility index (Phi) is 7.52. The van der Waals surface area contributed by atoms with Crippen molar-refractivity contribution in [1.29, 1.82) is 0 Å². The third kappa shape index (κ3) is 5.25. The van der Waals surface area contributed by atoms with Crippen molar-refractivity contribution < 1.29 is 19.1 Å². The average Bonchev–Trinajstić information content (AvgIpc) is 3.28. The van der Waals surface area contributed by atoms with Gasteiger partial charge in [-0.1, -0.05) is 50.1 Å². The molecule has 34 heavy (non-hydrogen) atoms. The first-order valence-corrected chi connectivity index (χ1v) is 12.3. The van der Waals surface area contributed by atoms with E-state index in [1.807, 2.05) is 12.1 Å². The standard InChI is InChI=1S/C25H27N3O5S/c1-3-4-5-8-11-28-24(31)17-9-6-7-10-19(17)27-25(28)34-14-23(30)26-20-13-22-21(32-15-33-22)12-18(20)16(2)29/h6-7,9-10,12-13H,3-5,8,11,14-15H2,1-2H3,(H,26,30). The van der Waals surface area contributed by atoms with Crippen molar-refractivity contribution in [3.8, 4) is 11.5 Å². The zero-order valence-corrected chi connectivity index (χ0v) is 20.1. The van der Waals surface area contributed by atoms with E-state index in [2.05, 4.69) is 17.2 Å². The minimum absolute atomic E-state index is 0.0333. The summed E-state index contributed by atoms with van der Waals surface area (Å²) in [5, 5.41) is 3.87. The van der Waals surface area contributed by atoms with Gasteiger partial charge in [-0.2, -0.15) is 0 Å². The van der Waals surface area contributed by atoms with Gasteiger partial charge in [0, 0.05) is 18.2 Å². The third-order valence-corrected chi connectivity index (χ3v) is 6.54. The molecular formula is C25H27N3O5S. The molecule has 0 saturated heterocycles. The highest BCUT2D eigenvalue weighted by Gasteiger charge is 2.21. The number of amides is 1. The van der Waals surface area contributed by atoms with E-state index in [0.717, 1.165) is 25.7 Å². The maximum absolute atomic E-state index is 13.1. The Bertz CT molecular complexity index is 1290. The van der Waals surface area contributed by atoms with Crippen molar-refractivity contribution in [2.75, 3.05) is 17.9 Å². The summed E-state index contributed by atoms with van der Waals surface area (Å²) in [7, 11) is 0. The number of thioether (sulfide) groups is 1. The van der Waals surface area contributed by atoms with E-state index in [4.69, 9.17) is 9.47 Å². The molecule has 1 N–H and O–H groups in total. The van der Waals surface area contributed by atoms with Crippen molar-refractivity contribution >= 4 is 40.0 Å². The number of rotatable bonds is 10. The Hall–Kier alpha value is -3.33. The molecule has 0 atom stereocenters. The molecular weight excluding hydrogens is 454 g/mol. The number of Topliss-reactive ketones (excluding diaryl/α,β-unsaturated/α-hetero) is 1. The minimum Gasteiger partial charge on any atom is -0.454 e. The Morgan fingerprint density at radius 3 is 2.65 bits per heavy atom. The smallest absolute Gasteiger partial charge is 0.262 e. The first-order valence-electron chi connectivity index (χ1n) is 11.3. The number of anilines is 1. The largest absolute Gasteiger partial charge is 0.454 e. The molecule has 0 unspecified atom stereocenters. The summed E-state index contributed by atoms with van der Waals surface area (Å²) in [6.07, 6.45) is 4.11. The van der Waals surface area contributed by atoms with Crippen LogP contribution in [-0.2, 0) is 11.3 Å². The highest BCUT2D eigenvalue weighted by molar-refractivity contribution is 7.99. The highest BCUT2D eigenvalue weighted by Crippen LogP contribution is 2.37. The van der Waals surface area contributed by atoms with Gasteiger partial charge in [-0.25, -0.2) is 4.98 Å². The Morgan fingerprint density at radius 2 is 1.88 bits per heavy atom. The zero-order valence-electron chi connectivity index (χ0n) is 19.3. The fourth-order valence-corrected chi connectivity index (χ4v) is 4.63. The second kappa shape index (κ2) is 10.7. The zero-order chi connectivity index (χ0) is 24.1. The van der Waals surface area contributed by atoms with E-state index in [1.54, 1.807) is 28.8 Å². The maximum atomic E-state index is 13.1. The van der Waals surface area contributed by atoms with Crippen LogP contribution in [0, 0.1) is 0 Å². The van der Waals surface area contributed by atoms with E-state index in [0.29, 0.717) is 45.4 Å². The Morgan fingerprint density at radius 1 is 1.12 bits per heavy atom. The molecule has 178 valence electrons. The second-order valence-electron chi connectivity index (χ2n) is 8.07. The summed E-state index contributed by atoms with van der Waals surface area (Å²) in [5.74, 6) is 0.477. The number of nitrogens with one attached hydrogen (secondary N) is 1. The predicted octanol–water partition coefficient (Wildman–Crippen LogP) is 4.64. The van der Waals surface area contributed by atoms with Crippen LogP contribution in [0.1, 0.15) is 49.9 Å². The van der Waals surface area contributed by atoms with Crippen LogP contribution >= 0.6 is 11.8 Å². The number of nitrogens with zero attached hydrogens (tertiary/aromatic N) is 2. The Labute approximate surface area is 201 Å². The molecule has 1 aromatic heterocycles. The van der Waals surface area contributed by atoms with Crippen molar-refractivity contribution in [3.63, 3.8) is 0 Å². The van der Waals surface area contributed by atoms with Crippen molar-refractivity contribution in [2.45, 2.75) is 51.2 Å². The molecule has 0 radical (unpaired) electrons. The topological polar surface area (TPSA) is 99.5 Å². The number of ketones is 1. The molecule has 1 amide bonds. The number of fused-ring (bicyclic) bond motifs is 2. The van der Waals surface area contributed by atoms with E-state index in [9.17, 15) is 14.4 Å². The van der Waals surface area contributed by atoms with Crippen LogP contribution in [-0.4, -0.2) is 33.8 Å². The van der Waals surface area contributed by atoms with Gasteiger partial charge in [0.25, 0.3) is 5.56 Å². The third-order valence-electron chi connectivity index (χ3n) is 5.56. The number of hydrogen-bond acceptors (Lipinski definition) is 7. The van der Waals surface area contributed by atoms with E-state index >= 15 is 0 Å². The summed E-state index contributed by atoms with van der Waals surface area (Å²) in [6.45, 7) is 4.19. The monoisotopic (exact) mass is 481 g/mol. The highest BCUT2D eigenvalue weighted by atomic mass is 32.2. The lowest BCUT2D eigenvalue weighted by Gasteiger charge is -2.14. The number of carbonyl (C=O) groups excluding carboxylic acids is 2. The van der Waals surface area contributed by atoms with Gasteiger partial charge in [-0.15, -0.1) is 0 Å². The molecule has 4 rings (SSSR count). The second-order valence-corrected chi connectivity index (χ2v) is 9.02. The summed E-state index contributed by atoms with van der Waals surface area (Å²) < 4.78 is 12.4. The van der Waals surface area contributed by atoms with Gasteiger partial charge in [0.1, 0.15) is 0 Å². The first-order chi connectivity index (χ1) is 16.5. The fraction of sp³-hybridized carbons (Fsp3) is 0.360. The van der Waals surface area contributed by atoms with Crippen LogP contribution in [0.25, 0.3) is 10.9 Å². The number of aromatic nitrogens is 2. The van der Waals surface area contributed by atoms with Crippen molar-refractivity contribution in [3.05, 3.63) is 52.3 Å². The lowest BCUT2D eigenvalue weighted by Crippen LogP contribution is -2.24. The molecule has 0 spiro atoms. The average molecular weight is 482 g/mol. The predicted molar refractivity (Wildman–Crippen MR) is 132 cm³/mol. The molecule has 0 aliphatic carbocycles. The number of unbranched alkanes of at least 4 members (excludes halogenated alkanes) is 3. The maximum Gasteiger partial charge on any atom is 0.262 e. The number of hydrogen-bond donors (Lipinski definition) is 1. The lowest BCUT2D eigenvalue weighted by atomic mass is 10.1. The molecule has 1 aliphatic rings. The van der Waals surface area contributed by atoms with Gasteiger partial charge in [-0.05, 0) is 31.5 Å². The normalized spacial score (nSPS) is 12.2. The van der Waals surface area contributed by atoms with Crippen LogP contribution in [0.5, 0.6) is 11.5 Å². The SMILES string of the molecule is CCCCCCn1c(SCC(=O)Nc2cc3c(cc2C(C)=O)OCO3)nc2ccccc2c1=O. The van der Waals surface area contributed by atoms with Crippen LogP contribution in [0.2, 0.25) is 0 Å². The quantitative estimate of drug-likeness (QED) is 0.195. The molecule has 3 aromatic rings. The molecule has 0 bridgehead atoms. The van der Waals surface area contributed by atoms with Crippen LogP contribution in [0.3, 0.4) is 0 Å². The van der Waals surface area contributed by atoms with Gasteiger partial charge >= 0.3 is 0 Å². The summed E-state index contributed by atoms with van der Waals surface area (Å²) in [6, 6.07) is 10.4. The number of carbonyl (C=O) groups is 2. The molecule has 1 aliphatic heterocycles. The van der Waals surface area contributed by atoms with E-state index in [1.165, 1.54) is 18.7 Å². The fourth-order valence-electron chi connectivity index (χ4n) is 3.80. The van der Waals surface area contributed by atoms with Crippen molar-refractivity contribution in [1.82, 2.24) is 9.55 Å². The lowest BCUT2D eigenvalue weighted by molar-refractivity contribution is -0.113.